The van der Waals surface area contributed by atoms with Gasteiger partial charge in [0.25, 0.3) is 0 Å². The van der Waals surface area contributed by atoms with Gasteiger partial charge >= 0.3 is 5.97 Å². The number of nitrogens with two attached hydrogens (primary N) is 4. The average Bonchev–Trinajstić information content (AvgIpc) is 2.76. The van der Waals surface area contributed by atoms with Crippen molar-refractivity contribution < 1.29 is 24.3 Å². The van der Waals surface area contributed by atoms with Crippen LogP contribution in [0.25, 0.3) is 0 Å². The predicted octanol–water partition coefficient (Wildman–Crippen LogP) is -2.13. The molecule has 0 saturated carbocycles. The topological polar surface area (TPSA) is 229 Å². The van der Waals surface area contributed by atoms with Gasteiger partial charge in [-0.3, -0.25) is 14.4 Å². The third-order valence-electron chi connectivity index (χ3n) is 4.89. The van der Waals surface area contributed by atoms with Crippen molar-refractivity contribution in [3.63, 3.8) is 0 Å². The minimum Gasteiger partial charge on any atom is -0.480 e. The summed E-state index contributed by atoms with van der Waals surface area (Å²) in [5, 5.41) is 16.8. The van der Waals surface area contributed by atoms with Gasteiger partial charge in [-0.2, -0.15) is 0 Å². The van der Waals surface area contributed by atoms with Crippen LogP contribution in [0.2, 0.25) is 0 Å². The molecule has 0 heterocycles. The van der Waals surface area contributed by atoms with Crippen LogP contribution < -0.4 is 38.9 Å². The summed E-state index contributed by atoms with van der Waals surface area (Å²) in [6.07, 6.45) is 4.85. The van der Waals surface area contributed by atoms with Gasteiger partial charge in [0, 0.05) is 0 Å². The van der Waals surface area contributed by atoms with Crippen molar-refractivity contribution in [1.82, 2.24) is 16.0 Å². The second-order valence-electron chi connectivity index (χ2n) is 7.70. The van der Waals surface area contributed by atoms with Crippen molar-refractivity contribution in [2.24, 2.45) is 22.9 Å². The zero-order valence-electron chi connectivity index (χ0n) is 18.8. The van der Waals surface area contributed by atoms with E-state index in [4.69, 9.17) is 22.9 Å². The second kappa shape index (κ2) is 18.3. The number of hydrogen-bond donors (Lipinski definition) is 8. The molecule has 12 heteroatoms. The highest BCUT2D eigenvalue weighted by molar-refractivity contribution is 5.92. The average molecular weight is 460 g/mol. The Morgan fingerprint density at radius 1 is 0.688 bits per heavy atom. The van der Waals surface area contributed by atoms with Crippen LogP contribution in [-0.4, -0.2) is 73.1 Å². The van der Waals surface area contributed by atoms with E-state index in [1.165, 1.54) is 0 Å². The molecule has 0 aliphatic rings. The Labute approximate surface area is 189 Å². The highest BCUT2D eigenvalue weighted by Crippen LogP contribution is 2.05. The summed E-state index contributed by atoms with van der Waals surface area (Å²) < 4.78 is 0. The van der Waals surface area contributed by atoms with Gasteiger partial charge in [-0.25, -0.2) is 4.79 Å². The van der Waals surface area contributed by atoms with E-state index in [2.05, 4.69) is 16.0 Å². The molecule has 3 amide bonds. The first-order valence-corrected chi connectivity index (χ1v) is 11.2. The van der Waals surface area contributed by atoms with Crippen LogP contribution in [0.15, 0.2) is 0 Å². The van der Waals surface area contributed by atoms with Crippen molar-refractivity contribution >= 4 is 23.7 Å². The molecule has 0 aromatic rings. The number of hydrogen-bond acceptors (Lipinski definition) is 8. The standard InChI is InChI=1S/C20H41N7O5/c21-10-4-1-7-14(24)18(29)25-13-17(28)26-15(8-2-5-11-22)19(30)27-16(20(31)32)9-3-6-12-23/h14-16H,1-13,21-24H2,(H,25,29)(H,26,28)(H,27,30)(H,31,32). The fourth-order valence-electron chi connectivity index (χ4n) is 2.97. The minimum atomic E-state index is -1.15. The van der Waals surface area contributed by atoms with Crippen LogP contribution in [0.3, 0.4) is 0 Å². The lowest BCUT2D eigenvalue weighted by Gasteiger charge is -2.22. The summed E-state index contributed by atoms with van der Waals surface area (Å²) in [6.45, 7) is 1.03. The Hall–Kier alpha value is -2.28. The third-order valence-corrected chi connectivity index (χ3v) is 4.89. The van der Waals surface area contributed by atoms with Crippen molar-refractivity contribution in [2.45, 2.75) is 75.9 Å². The smallest absolute Gasteiger partial charge is 0.326 e. The van der Waals surface area contributed by atoms with Crippen LogP contribution in [-0.2, 0) is 19.2 Å². The molecule has 0 aliphatic heterocycles. The number of aliphatic carboxylic acids is 1. The highest BCUT2D eigenvalue weighted by atomic mass is 16.4. The summed E-state index contributed by atoms with van der Waals surface area (Å²) >= 11 is 0. The Morgan fingerprint density at radius 2 is 1.19 bits per heavy atom. The van der Waals surface area contributed by atoms with Crippen molar-refractivity contribution in [2.75, 3.05) is 26.2 Å². The van der Waals surface area contributed by atoms with Gasteiger partial charge in [-0.1, -0.05) is 6.42 Å². The quantitative estimate of drug-likeness (QED) is 0.0984. The van der Waals surface area contributed by atoms with Crippen LogP contribution in [0, 0.1) is 0 Å². The number of rotatable bonds is 19. The summed E-state index contributed by atoms with van der Waals surface area (Å²) in [7, 11) is 0. The molecule has 32 heavy (non-hydrogen) atoms. The molecule has 0 radical (unpaired) electrons. The van der Waals surface area contributed by atoms with Gasteiger partial charge in [0.1, 0.15) is 12.1 Å². The van der Waals surface area contributed by atoms with E-state index in [1.54, 1.807) is 0 Å². The van der Waals surface area contributed by atoms with Crippen LogP contribution in [0.5, 0.6) is 0 Å². The monoisotopic (exact) mass is 459 g/mol. The van der Waals surface area contributed by atoms with Crippen LogP contribution >= 0.6 is 0 Å². The first-order chi connectivity index (χ1) is 15.3. The summed E-state index contributed by atoms with van der Waals surface area (Å²) in [5.74, 6) is -2.79. The van der Waals surface area contributed by atoms with E-state index in [9.17, 15) is 24.3 Å². The zero-order chi connectivity index (χ0) is 24.4. The molecular weight excluding hydrogens is 418 g/mol. The van der Waals surface area contributed by atoms with Crippen LogP contribution in [0.4, 0.5) is 0 Å². The largest absolute Gasteiger partial charge is 0.480 e. The Balaban J connectivity index is 4.80. The molecule has 0 spiro atoms. The SMILES string of the molecule is NCCCCC(N)C(=O)NCC(=O)NC(CCCCN)C(=O)NC(CCCCN)C(=O)O. The van der Waals surface area contributed by atoms with Gasteiger partial charge in [-0.05, 0) is 71.0 Å². The molecule has 0 rings (SSSR count). The predicted molar refractivity (Wildman–Crippen MR) is 121 cm³/mol. The normalized spacial score (nSPS) is 13.6. The van der Waals surface area contributed by atoms with Crippen molar-refractivity contribution in [3.8, 4) is 0 Å². The van der Waals surface area contributed by atoms with Crippen molar-refractivity contribution in [1.29, 1.82) is 0 Å². The van der Waals surface area contributed by atoms with E-state index in [0.29, 0.717) is 58.2 Å². The summed E-state index contributed by atoms with van der Waals surface area (Å²) in [6, 6.07) is -2.77. The Bertz CT molecular complexity index is 577. The lowest BCUT2D eigenvalue weighted by Crippen LogP contribution is -2.53. The maximum atomic E-state index is 12.7. The number of amides is 3. The minimum absolute atomic E-state index is 0.236. The lowest BCUT2D eigenvalue weighted by molar-refractivity contribution is -0.142. The van der Waals surface area contributed by atoms with Gasteiger partial charge in [0.05, 0.1) is 12.6 Å². The molecule has 3 atom stereocenters. The van der Waals surface area contributed by atoms with Crippen molar-refractivity contribution in [3.05, 3.63) is 0 Å². The molecular formula is C20H41N7O5. The van der Waals surface area contributed by atoms with E-state index >= 15 is 0 Å². The molecule has 0 bridgehead atoms. The molecule has 12 N–H and O–H groups in total. The van der Waals surface area contributed by atoms with E-state index in [1.807, 2.05) is 0 Å². The van der Waals surface area contributed by atoms with E-state index in [0.717, 1.165) is 6.42 Å². The summed E-state index contributed by atoms with van der Waals surface area (Å²) in [4.78, 5) is 48.4. The molecule has 12 nitrogen and oxygen atoms in total. The Morgan fingerprint density at radius 3 is 1.69 bits per heavy atom. The number of nitrogens with one attached hydrogen (secondary N) is 3. The van der Waals surface area contributed by atoms with E-state index < -0.39 is 41.8 Å². The number of carbonyl (C=O) groups is 4. The molecule has 0 aromatic heterocycles. The Kier molecular flexibility index (Phi) is 17.0. The fourth-order valence-corrected chi connectivity index (χ4v) is 2.97. The first kappa shape index (κ1) is 29.7. The highest BCUT2D eigenvalue weighted by Gasteiger charge is 2.26. The third kappa shape index (κ3) is 13.9. The number of carboxylic acid groups (broad SMARTS) is 1. The number of carboxylic acids is 1. The van der Waals surface area contributed by atoms with Gasteiger partial charge in [0.15, 0.2) is 0 Å². The number of unbranched alkanes of at least 4 members (excludes halogenated alkanes) is 3. The van der Waals surface area contributed by atoms with Gasteiger partial charge in [-0.15, -0.1) is 0 Å². The molecule has 186 valence electrons. The maximum absolute atomic E-state index is 12.7. The summed E-state index contributed by atoms with van der Waals surface area (Å²) in [5.41, 5.74) is 22.1. The fraction of sp³-hybridized carbons (Fsp3) is 0.800. The molecule has 0 saturated heterocycles. The van der Waals surface area contributed by atoms with Gasteiger partial charge < -0.3 is 44.0 Å². The molecule has 0 aromatic carbocycles. The molecule has 0 fully saturated rings. The first-order valence-electron chi connectivity index (χ1n) is 11.2. The zero-order valence-corrected chi connectivity index (χ0v) is 18.8. The molecule has 0 aliphatic carbocycles. The van der Waals surface area contributed by atoms with Crippen LogP contribution in [0.1, 0.15) is 57.8 Å². The molecule has 3 unspecified atom stereocenters. The second-order valence-corrected chi connectivity index (χ2v) is 7.70. The van der Waals surface area contributed by atoms with E-state index in [-0.39, 0.29) is 19.4 Å². The van der Waals surface area contributed by atoms with Gasteiger partial charge in [0.2, 0.25) is 17.7 Å². The maximum Gasteiger partial charge on any atom is 0.326 e. The number of carbonyl (C=O) groups excluding carboxylic acids is 3. The lowest BCUT2D eigenvalue weighted by atomic mass is 10.1.